The summed E-state index contributed by atoms with van der Waals surface area (Å²) in [6, 6.07) is 4.37. The van der Waals surface area contributed by atoms with E-state index in [0.717, 1.165) is 0 Å². The van der Waals surface area contributed by atoms with Gasteiger partial charge in [-0.3, -0.25) is 9.59 Å². The van der Waals surface area contributed by atoms with Crippen molar-refractivity contribution in [1.82, 2.24) is 9.78 Å². The maximum atomic E-state index is 14.4. The molecule has 134 valence electrons. The predicted octanol–water partition coefficient (Wildman–Crippen LogP) is 1.45. The molecule has 0 amide bonds. The second-order valence-corrected chi connectivity index (χ2v) is 6.43. The number of halogens is 3. The summed E-state index contributed by atoms with van der Waals surface area (Å²) in [5.41, 5.74) is -1.44. The molecule has 1 aromatic carbocycles. The monoisotopic (exact) mass is 464 g/mol. The number of hydrogen-bond donors (Lipinski definition) is 1. The standard InChI is InChI=1S/C16H15F2IN2O4/c1-21-16(24)14(18)11(6-9-2-3-10(19)7-12(9)17)15(20-21)13(23)8-25-5-4-22/h2-3,7,22H,4-6,8H2,1H3. The van der Waals surface area contributed by atoms with Crippen LogP contribution in [0, 0.1) is 15.2 Å². The van der Waals surface area contributed by atoms with E-state index in [4.69, 9.17) is 9.84 Å². The second-order valence-electron chi connectivity index (χ2n) is 5.18. The highest BCUT2D eigenvalue weighted by Crippen LogP contribution is 2.19. The van der Waals surface area contributed by atoms with E-state index in [1.807, 2.05) is 22.6 Å². The average molecular weight is 464 g/mol. The van der Waals surface area contributed by atoms with Crippen LogP contribution in [0.1, 0.15) is 21.6 Å². The fourth-order valence-electron chi connectivity index (χ4n) is 2.17. The first-order chi connectivity index (χ1) is 11.8. The van der Waals surface area contributed by atoms with E-state index in [1.165, 1.54) is 19.2 Å². The first-order valence-corrected chi connectivity index (χ1v) is 8.34. The SMILES string of the molecule is Cn1nc(C(=O)COCCO)c(Cc2ccc(I)cc2F)c(F)c1=O. The molecule has 9 heteroatoms. The van der Waals surface area contributed by atoms with Gasteiger partial charge in [0, 0.05) is 22.6 Å². The van der Waals surface area contributed by atoms with Gasteiger partial charge in [-0.15, -0.1) is 0 Å². The van der Waals surface area contributed by atoms with Gasteiger partial charge in [0.15, 0.2) is 5.82 Å². The van der Waals surface area contributed by atoms with Crippen molar-refractivity contribution in [2.75, 3.05) is 19.8 Å². The molecule has 0 aliphatic heterocycles. The number of aliphatic hydroxyl groups excluding tert-OH is 1. The van der Waals surface area contributed by atoms with Gasteiger partial charge in [0.25, 0.3) is 0 Å². The number of aromatic nitrogens is 2. The minimum absolute atomic E-state index is 0.0684. The number of carbonyl (C=O) groups excluding carboxylic acids is 1. The van der Waals surface area contributed by atoms with Gasteiger partial charge in [0.1, 0.15) is 18.1 Å². The number of aliphatic hydroxyl groups is 1. The van der Waals surface area contributed by atoms with E-state index in [9.17, 15) is 18.4 Å². The summed E-state index contributed by atoms with van der Waals surface area (Å²) < 4.78 is 34.8. The Bertz CT molecular complexity index is 855. The van der Waals surface area contributed by atoms with Crippen LogP contribution in [0.4, 0.5) is 8.78 Å². The van der Waals surface area contributed by atoms with Gasteiger partial charge < -0.3 is 9.84 Å². The Kier molecular flexibility index (Phi) is 6.73. The highest BCUT2D eigenvalue weighted by molar-refractivity contribution is 14.1. The summed E-state index contributed by atoms with van der Waals surface area (Å²) in [5, 5.41) is 12.5. The van der Waals surface area contributed by atoms with Crippen LogP contribution in [0.15, 0.2) is 23.0 Å². The van der Waals surface area contributed by atoms with Crippen LogP contribution in [0.2, 0.25) is 0 Å². The Morgan fingerprint density at radius 2 is 2.12 bits per heavy atom. The molecule has 25 heavy (non-hydrogen) atoms. The Morgan fingerprint density at radius 1 is 1.40 bits per heavy atom. The third kappa shape index (κ3) is 4.67. The molecule has 1 aromatic heterocycles. The van der Waals surface area contributed by atoms with Crippen LogP contribution in [0.25, 0.3) is 0 Å². The van der Waals surface area contributed by atoms with Gasteiger partial charge in [-0.05, 0) is 40.3 Å². The Balaban J connectivity index is 2.45. The van der Waals surface area contributed by atoms with Crippen LogP contribution >= 0.6 is 22.6 Å². The fourth-order valence-corrected chi connectivity index (χ4v) is 2.62. The summed E-state index contributed by atoms with van der Waals surface area (Å²) in [6.45, 7) is -0.780. The van der Waals surface area contributed by atoms with E-state index in [-0.39, 0.29) is 36.5 Å². The molecule has 0 saturated heterocycles. The smallest absolute Gasteiger partial charge is 0.302 e. The molecule has 0 fully saturated rings. The van der Waals surface area contributed by atoms with Gasteiger partial charge in [0.2, 0.25) is 5.78 Å². The number of ether oxygens (including phenoxy) is 1. The maximum absolute atomic E-state index is 14.4. The number of ketones is 1. The normalized spacial score (nSPS) is 10.9. The van der Waals surface area contributed by atoms with Crippen molar-refractivity contribution in [1.29, 1.82) is 0 Å². The molecule has 0 radical (unpaired) electrons. The number of rotatable bonds is 7. The molecule has 0 atom stereocenters. The lowest BCUT2D eigenvalue weighted by atomic mass is 10.0. The fraction of sp³-hybridized carbons (Fsp3) is 0.312. The molecule has 0 bridgehead atoms. The van der Waals surface area contributed by atoms with Crippen molar-refractivity contribution in [3.8, 4) is 0 Å². The van der Waals surface area contributed by atoms with Crippen molar-refractivity contribution in [3.05, 3.63) is 60.6 Å². The third-order valence-electron chi connectivity index (χ3n) is 3.40. The van der Waals surface area contributed by atoms with Gasteiger partial charge >= 0.3 is 5.56 Å². The van der Waals surface area contributed by atoms with Crippen LogP contribution < -0.4 is 5.56 Å². The van der Waals surface area contributed by atoms with E-state index < -0.39 is 29.6 Å². The molecule has 1 N–H and O–H groups in total. The van der Waals surface area contributed by atoms with E-state index in [0.29, 0.717) is 8.25 Å². The Hall–Kier alpha value is -1.72. The highest BCUT2D eigenvalue weighted by atomic mass is 127. The zero-order valence-corrected chi connectivity index (χ0v) is 15.4. The molecule has 0 aliphatic carbocycles. The number of nitrogens with zero attached hydrogens (tertiary/aromatic N) is 2. The lowest BCUT2D eigenvalue weighted by molar-refractivity contribution is 0.0656. The third-order valence-corrected chi connectivity index (χ3v) is 4.07. The summed E-state index contributed by atoms with van der Waals surface area (Å²) >= 11 is 1.93. The number of benzene rings is 1. The minimum Gasteiger partial charge on any atom is -0.394 e. The molecule has 2 aromatic rings. The number of Topliss-reactive ketones (excluding diaryl/α,β-unsaturated/α-hetero) is 1. The summed E-state index contributed by atoms with van der Waals surface area (Å²) in [4.78, 5) is 24.0. The molecule has 0 spiro atoms. The molecular formula is C16H15F2IN2O4. The first kappa shape index (κ1) is 19.6. The second kappa shape index (κ2) is 8.59. The van der Waals surface area contributed by atoms with Crippen LogP contribution in [0.5, 0.6) is 0 Å². The van der Waals surface area contributed by atoms with Crippen LogP contribution in [-0.4, -0.2) is 40.5 Å². The first-order valence-electron chi connectivity index (χ1n) is 7.26. The lowest BCUT2D eigenvalue weighted by Crippen LogP contribution is -2.29. The topological polar surface area (TPSA) is 81.4 Å². The highest BCUT2D eigenvalue weighted by Gasteiger charge is 2.22. The van der Waals surface area contributed by atoms with Crippen LogP contribution in [0.3, 0.4) is 0 Å². The maximum Gasteiger partial charge on any atom is 0.302 e. The minimum atomic E-state index is -1.15. The molecule has 6 nitrogen and oxygen atoms in total. The van der Waals surface area contributed by atoms with Crippen molar-refractivity contribution < 1.29 is 23.4 Å². The van der Waals surface area contributed by atoms with E-state index >= 15 is 0 Å². The quantitative estimate of drug-likeness (QED) is 0.381. The van der Waals surface area contributed by atoms with Gasteiger partial charge in [-0.2, -0.15) is 5.10 Å². The zero-order chi connectivity index (χ0) is 18.6. The van der Waals surface area contributed by atoms with Crippen molar-refractivity contribution in [2.45, 2.75) is 6.42 Å². The molecule has 0 saturated carbocycles. The zero-order valence-electron chi connectivity index (χ0n) is 13.3. The number of hydrogen-bond acceptors (Lipinski definition) is 5. The largest absolute Gasteiger partial charge is 0.394 e. The molecule has 1 heterocycles. The van der Waals surface area contributed by atoms with Crippen molar-refractivity contribution >= 4 is 28.4 Å². The summed E-state index contributed by atoms with van der Waals surface area (Å²) in [7, 11) is 1.21. The molecule has 0 unspecified atom stereocenters. The number of carbonyl (C=O) groups is 1. The van der Waals surface area contributed by atoms with Gasteiger partial charge in [0.05, 0.1) is 13.2 Å². The van der Waals surface area contributed by atoms with Gasteiger partial charge in [-0.1, -0.05) is 6.07 Å². The Morgan fingerprint density at radius 3 is 2.76 bits per heavy atom. The van der Waals surface area contributed by atoms with Gasteiger partial charge in [-0.25, -0.2) is 13.5 Å². The lowest BCUT2D eigenvalue weighted by Gasteiger charge is -2.11. The van der Waals surface area contributed by atoms with E-state index in [1.54, 1.807) is 6.07 Å². The Labute approximate surface area is 155 Å². The molecule has 0 aliphatic rings. The molecule has 2 rings (SSSR count). The van der Waals surface area contributed by atoms with Crippen molar-refractivity contribution in [2.24, 2.45) is 7.05 Å². The van der Waals surface area contributed by atoms with Crippen LogP contribution in [-0.2, 0) is 18.2 Å². The summed E-state index contributed by atoms with van der Waals surface area (Å²) in [5.74, 6) is -2.38. The van der Waals surface area contributed by atoms with E-state index in [2.05, 4.69) is 5.10 Å². The predicted molar refractivity (Wildman–Crippen MR) is 93.6 cm³/mol. The number of aryl methyl sites for hydroxylation is 1. The molecular weight excluding hydrogens is 449 g/mol. The summed E-state index contributed by atoms with van der Waals surface area (Å²) in [6.07, 6.45) is -0.293. The average Bonchev–Trinajstić information content (AvgIpc) is 2.57. The van der Waals surface area contributed by atoms with Crippen molar-refractivity contribution in [3.63, 3.8) is 0 Å².